The molecule has 0 aromatic heterocycles. The fourth-order valence-corrected chi connectivity index (χ4v) is 3.33. The van der Waals surface area contributed by atoms with Crippen molar-refractivity contribution in [3.8, 4) is 0 Å². The predicted molar refractivity (Wildman–Crippen MR) is 54.8 cm³/mol. The second kappa shape index (κ2) is 3.53. The summed E-state index contributed by atoms with van der Waals surface area (Å²) < 4.78 is 25.2. The lowest BCUT2D eigenvalue weighted by Crippen LogP contribution is -2.41. The first-order chi connectivity index (χ1) is 6.62. The van der Waals surface area contributed by atoms with E-state index in [1.54, 1.807) is 18.2 Å². The third-order valence-corrected chi connectivity index (χ3v) is 4.67. The molecular weight excluding hydrogens is 222 g/mol. The zero-order valence-corrected chi connectivity index (χ0v) is 9.05. The number of benzene rings is 1. The molecule has 0 amide bonds. The molecule has 0 aliphatic carbocycles. The molecule has 0 saturated carbocycles. The van der Waals surface area contributed by atoms with Gasteiger partial charge in [-0.05, 0) is 18.6 Å². The van der Waals surface area contributed by atoms with Crippen LogP contribution in [-0.4, -0.2) is 25.8 Å². The Morgan fingerprint density at radius 3 is 2.36 bits per heavy atom. The van der Waals surface area contributed by atoms with Gasteiger partial charge in [0.05, 0.1) is 5.02 Å². The van der Waals surface area contributed by atoms with Crippen molar-refractivity contribution >= 4 is 21.6 Å². The summed E-state index contributed by atoms with van der Waals surface area (Å²) in [7, 11) is -3.33. The van der Waals surface area contributed by atoms with Crippen molar-refractivity contribution in [1.82, 2.24) is 4.31 Å². The summed E-state index contributed by atoms with van der Waals surface area (Å²) >= 11 is 5.83. The Bertz CT molecular complexity index is 440. The monoisotopic (exact) mass is 231 g/mol. The molecule has 2 rings (SSSR count). The van der Waals surface area contributed by atoms with E-state index >= 15 is 0 Å². The van der Waals surface area contributed by atoms with Crippen LogP contribution >= 0.6 is 11.6 Å². The van der Waals surface area contributed by atoms with Crippen LogP contribution in [-0.2, 0) is 10.0 Å². The molecule has 14 heavy (non-hydrogen) atoms. The van der Waals surface area contributed by atoms with E-state index in [1.165, 1.54) is 10.4 Å². The van der Waals surface area contributed by atoms with Crippen LogP contribution in [0.15, 0.2) is 29.2 Å². The molecular formula is C9H10ClNO2S. The molecule has 3 nitrogen and oxygen atoms in total. The average Bonchev–Trinajstić information content (AvgIpc) is 2.00. The highest BCUT2D eigenvalue weighted by molar-refractivity contribution is 7.89. The molecule has 5 heteroatoms. The van der Waals surface area contributed by atoms with Crippen molar-refractivity contribution in [3.63, 3.8) is 0 Å². The first-order valence-electron chi connectivity index (χ1n) is 4.37. The quantitative estimate of drug-likeness (QED) is 0.778. The number of nitrogens with zero attached hydrogens (tertiary/aromatic N) is 1. The summed E-state index contributed by atoms with van der Waals surface area (Å²) in [5.41, 5.74) is 0. The molecule has 1 aromatic carbocycles. The lowest BCUT2D eigenvalue weighted by Gasteiger charge is -2.29. The topological polar surface area (TPSA) is 37.4 Å². The number of halogens is 1. The summed E-state index contributed by atoms with van der Waals surface area (Å²) in [6, 6.07) is 6.53. The van der Waals surface area contributed by atoms with Gasteiger partial charge in [-0.1, -0.05) is 23.7 Å². The van der Waals surface area contributed by atoms with Crippen LogP contribution in [0.2, 0.25) is 5.02 Å². The summed E-state index contributed by atoms with van der Waals surface area (Å²) in [5.74, 6) is 0. The third kappa shape index (κ3) is 1.54. The molecule has 1 fully saturated rings. The van der Waals surface area contributed by atoms with Gasteiger partial charge in [0.1, 0.15) is 4.90 Å². The van der Waals surface area contributed by atoms with E-state index in [0.29, 0.717) is 18.1 Å². The van der Waals surface area contributed by atoms with Gasteiger partial charge in [-0.25, -0.2) is 8.42 Å². The number of hydrogen-bond acceptors (Lipinski definition) is 2. The van der Waals surface area contributed by atoms with E-state index in [-0.39, 0.29) is 4.90 Å². The number of rotatable bonds is 2. The van der Waals surface area contributed by atoms with Crippen molar-refractivity contribution < 1.29 is 8.42 Å². The van der Waals surface area contributed by atoms with Gasteiger partial charge in [-0.3, -0.25) is 0 Å². The van der Waals surface area contributed by atoms with Crippen molar-refractivity contribution in [2.45, 2.75) is 11.3 Å². The van der Waals surface area contributed by atoms with Crippen LogP contribution in [0.25, 0.3) is 0 Å². The highest BCUT2D eigenvalue weighted by Gasteiger charge is 2.30. The Morgan fingerprint density at radius 2 is 1.86 bits per heavy atom. The molecule has 1 saturated heterocycles. The van der Waals surface area contributed by atoms with E-state index < -0.39 is 10.0 Å². The molecule has 0 unspecified atom stereocenters. The van der Waals surface area contributed by atoms with E-state index in [1.807, 2.05) is 0 Å². The van der Waals surface area contributed by atoms with Crippen LogP contribution in [0.1, 0.15) is 6.42 Å². The highest BCUT2D eigenvalue weighted by atomic mass is 35.5. The minimum absolute atomic E-state index is 0.210. The lowest BCUT2D eigenvalue weighted by molar-refractivity contribution is 0.309. The van der Waals surface area contributed by atoms with E-state index in [2.05, 4.69) is 0 Å². The van der Waals surface area contributed by atoms with E-state index in [0.717, 1.165) is 6.42 Å². The van der Waals surface area contributed by atoms with Gasteiger partial charge in [-0.15, -0.1) is 0 Å². The minimum atomic E-state index is -3.33. The first-order valence-corrected chi connectivity index (χ1v) is 6.19. The lowest BCUT2D eigenvalue weighted by atomic mass is 10.3. The van der Waals surface area contributed by atoms with Gasteiger partial charge in [0.15, 0.2) is 0 Å². The second-order valence-corrected chi connectivity index (χ2v) is 5.50. The van der Waals surface area contributed by atoms with Crippen LogP contribution < -0.4 is 0 Å². The van der Waals surface area contributed by atoms with Crippen LogP contribution in [0.5, 0.6) is 0 Å². The molecule has 76 valence electrons. The largest absolute Gasteiger partial charge is 0.244 e. The predicted octanol–water partition coefficient (Wildman–Crippen LogP) is 1.73. The molecule has 1 aliphatic rings. The van der Waals surface area contributed by atoms with Crippen molar-refractivity contribution in [2.75, 3.05) is 13.1 Å². The maximum Gasteiger partial charge on any atom is 0.244 e. The van der Waals surface area contributed by atoms with Gasteiger partial charge in [-0.2, -0.15) is 4.31 Å². The fourth-order valence-electron chi connectivity index (χ4n) is 1.32. The summed E-state index contributed by atoms with van der Waals surface area (Å²) in [6.07, 6.45) is 0.934. The van der Waals surface area contributed by atoms with Crippen molar-refractivity contribution in [2.24, 2.45) is 0 Å². The maximum absolute atomic E-state index is 11.9. The van der Waals surface area contributed by atoms with Crippen LogP contribution in [0, 0.1) is 0 Å². The van der Waals surface area contributed by atoms with Crippen LogP contribution in [0.4, 0.5) is 0 Å². The molecule has 1 aliphatic heterocycles. The molecule has 0 N–H and O–H groups in total. The van der Waals surface area contributed by atoms with E-state index in [9.17, 15) is 8.42 Å². The SMILES string of the molecule is O=S(=O)(c1ccccc1Cl)N1CCC1. The normalized spacial score (nSPS) is 17.8. The molecule has 1 heterocycles. The molecule has 0 bridgehead atoms. The number of hydrogen-bond donors (Lipinski definition) is 0. The third-order valence-electron chi connectivity index (χ3n) is 2.27. The number of sulfonamides is 1. The zero-order valence-electron chi connectivity index (χ0n) is 7.48. The zero-order chi connectivity index (χ0) is 10.2. The Hall–Kier alpha value is -0.580. The summed E-state index contributed by atoms with van der Waals surface area (Å²) in [6.45, 7) is 1.21. The maximum atomic E-state index is 11.9. The van der Waals surface area contributed by atoms with Crippen LogP contribution in [0.3, 0.4) is 0 Å². The van der Waals surface area contributed by atoms with Gasteiger partial charge in [0, 0.05) is 13.1 Å². The Morgan fingerprint density at radius 1 is 1.21 bits per heavy atom. The minimum Gasteiger partial charge on any atom is -0.207 e. The van der Waals surface area contributed by atoms with Gasteiger partial charge < -0.3 is 0 Å². The summed E-state index contributed by atoms with van der Waals surface area (Å²) in [4.78, 5) is 0.210. The molecule has 0 spiro atoms. The average molecular weight is 232 g/mol. The highest BCUT2D eigenvalue weighted by Crippen LogP contribution is 2.26. The Kier molecular flexibility index (Phi) is 2.51. The first kappa shape index (κ1) is 9.96. The summed E-state index contributed by atoms with van der Waals surface area (Å²) in [5, 5.41) is 0.291. The fraction of sp³-hybridized carbons (Fsp3) is 0.333. The Labute approximate surface area is 88.3 Å². The van der Waals surface area contributed by atoms with E-state index in [4.69, 9.17) is 11.6 Å². The standard InChI is InChI=1S/C9H10ClNO2S/c10-8-4-1-2-5-9(8)14(12,13)11-6-3-7-11/h1-2,4-5H,3,6-7H2. The van der Waals surface area contributed by atoms with Gasteiger partial charge in [0.2, 0.25) is 10.0 Å². The van der Waals surface area contributed by atoms with Crippen molar-refractivity contribution in [1.29, 1.82) is 0 Å². The Balaban J connectivity index is 2.43. The smallest absolute Gasteiger partial charge is 0.207 e. The second-order valence-electron chi connectivity index (χ2n) is 3.19. The molecule has 1 aromatic rings. The van der Waals surface area contributed by atoms with Gasteiger partial charge >= 0.3 is 0 Å². The molecule has 0 atom stereocenters. The molecule has 0 radical (unpaired) electrons. The van der Waals surface area contributed by atoms with Gasteiger partial charge in [0.25, 0.3) is 0 Å². The van der Waals surface area contributed by atoms with Crippen molar-refractivity contribution in [3.05, 3.63) is 29.3 Å².